The Morgan fingerprint density at radius 3 is 2.28 bits per heavy atom. The molecular formula is C16H10Cl2N4O2S. The first-order valence-electron chi connectivity index (χ1n) is 6.96. The van der Waals surface area contributed by atoms with Crippen LogP contribution in [0.25, 0.3) is 10.6 Å². The molecule has 1 aromatic carbocycles. The minimum absolute atomic E-state index is 0.164. The predicted molar refractivity (Wildman–Crippen MR) is 96.7 cm³/mol. The molecule has 2 amide bonds. The summed E-state index contributed by atoms with van der Waals surface area (Å²) in [7, 11) is 0. The molecule has 0 atom stereocenters. The number of nitrogens with zero attached hydrogens (tertiary/aromatic N) is 2. The van der Waals surface area contributed by atoms with Crippen LogP contribution < -0.4 is 10.9 Å². The third-order valence-electron chi connectivity index (χ3n) is 3.03. The van der Waals surface area contributed by atoms with E-state index in [0.29, 0.717) is 20.6 Å². The molecule has 0 aliphatic carbocycles. The van der Waals surface area contributed by atoms with E-state index < -0.39 is 11.8 Å². The van der Waals surface area contributed by atoms with E-state index in [-0.39, 0.29) is 11.4 Å². The number of carbonyl (C=O) groups is 2. The lowest BCUT2D eigenvalue weighted by Crippen LogP contribution is -2.42. The van der Waals surface area contributed by atoms with Crippen molar-refractivity contribution in [3.8, 4) is 10.6 Å². The number of carbonyl (C=O) groups excluding carboxylic acids is 2. The van der Waals surface area contributed by atoms with Crippen LogP contribution in [0, 0.1) is 0 Å². The second kappa shape index (κ2) is 7.60. The number of hydrogen-bond acceptors (Lipinski definition) is 5. The third-order valence-corrected chi connectivity index (χ3v) is 4.36. The molecule has 0 spiro atoms. The van der Waals surface area contributed by atoms with E-state index in [1.165, 1.54) is 23.6 Å². The van der Waals surface area contributed by atoms with Crippen LogP contribution in [0.3, 0.4) is 0 Å². The molecule has 0 bridgehead atoms. The van der Waals surface area contributed by atoms with Crippen LogP contribution in [-0.2, 0) is 0 Å². The average molecular weight is 393 g/mol. The predicted octanol–water partition coefficient (Wildman–Crippen LogP) is 3.59. The highest BCUT2D eigenvalue weighted by Gasteiger charge is 2.14. The fourth-order valence-corrected chi connectivity index (χ4v) is 3.24. The fourth-order valence-electron chi connectivity index (χ4n) is 1.93. The average Bonchev–Trinajstić information content (AvgIpc) is 3.09. The maximum absolute atomic E-state index is 12.1. The Balaban J connectivity index is 1.67. The molecule has 2 heterocycles. The number of benzene rings is 1. The molecule has 25 heavy (non-hydrogen) atoms. The summed E-state index contributed by atoms with van der Waals surface area (Å²) in [6, 6.07) is 9.92. The molecule has 2 N–H and O–H groups in total. The highest BCUT2D eigenvalue weighted by atomic mass is 35.5. The van der Waals surface area contributed by atoms with Crippen LogP contribution in [0.5, 0.6) is 0 Å². The van der Waals surface area contributed by atoms with Gasteiger partial charge >= 0.3 is 0 Å². The van der Waals surface area contributed by atoms with Crippen LogP contribution >= 0.6 is 34.5 Å². The monoisotopic (exact) mass is 392 g/mol. The summed E-state index contributed by atoms with van der Waals surface area (Å²) in [5.41, 5.74) is 5.65. The van der Waals surface area contributed by atoms with Gasteiger partial charge in [0.1, 0.15) is 16.4 Å². The Labute approximate surface area is 156 Å². The van der Waals surface area contributed by atoms with E-state index in [1.807, 2.05) is 0 Å². The molecule has 3 aromatic rings. The first kappa shape index (κ1) is 17.3. The summed E-state index contributed by atoms with van der Waals surface area (Å²) < 4.78 is 0. The number of rotatable bonds is 3. The molecule has 0 saturated heterocycles. The zero-order valence-corrected chi connectivity index (χ0v) is 14.8. The molecule has 0 aliphatic heterocycles. The topological polar surface area (TPSA) is 84.0 Å². The molecule has 0 unspecified atom stereocenters. The van der Waals surface area contributed by atoms with Crippen molar-refractivity contribution in [2.75, 3.05) is 0 Å². The van der Waals surface area contributed by atoms with Crippen molar-refractivity contribution in [2.45, 2.75) is 0 Å². The summed E-state index contributed by atoms with van der Waals surface area (Å²) in [5.74, 6) is -1.06. The van der Waals surface area contributed by atoms with E-state index in [9.17, 15) is 9.59 Å². The smallest absolute Gasteiger partial charge is 0.266 e. The zero-order chi connectivity index (χ0) is 17.8. The summed E-state index contributed by atoms with van der Waals surface area (Å²) in [6.07, 6.45) is 1.49. The van der Waals surface area contributed by atoms with Crippen molar-refractivity contribution in [1.29, 1.82) is 0 Å². The van der Waals surface area contributed by atoms with Gasteiger partial charge in [-0.2, -0.15) is 0 Å². The second-order valence-electron chi connectivity index (χ2n) is 4.82. The van der Waals surface area contributed by atoms with E-state index in [0.717, 1.165) is 0 Å². The van der Waals surface area contributed by atoms with Crippen LogP contribution in [0.1, 0.15) is 21.0 Å². The van der Waals surface area contributed by atoms with Crippen molar-refractivity contribution in [1.82, 2.24) is 20.8 Å². The summed E-state index contributed by atoms with van der Waals surface area (Å²) >= 11 is 13.2. The van der Waals surface area contributed by atoms with Gasteiger partial charge in [-0.15, -0.1) is 11.3 Å². The Bertz CT molecular complexity index is 911. The Morgan fingerprint density at radius 1 is 0.960 bits per heavy atom. The number of nitrogens with one attached hydrogen (secondary N) is 2. The summed E-state index contributed by atoms with van der Waals surface area (Å²) in [4.78, 5) is 32.1. The zero-order valence-electron chi connectivity index (χ0n) is 12.5. The molecule has 0 saturated carbocycles. The number of halogens is 2. The number of thiazole rings is 1. The third kappa shape index (κ3) is 4.33. The van der Waals surface area contributed by atoms with Crippen LogP contribution in [-0.4, -0.2) is 21.8 Å². The first-order valence-corrected chi connectivity index (χ1v) is 8.60. The highest BCUT2D eigenvalue weighted by molar-refractivity contribution is 7.13. The molecule has 9 heteroatoms. The van der Waals surface area contributed by atoms with Gasteiger partial charge in [-0.25, -0.2) is 4.98 Å². The maximum Gasteiger partial charge on any atom is 0.289 e. The van der Waals surface area contributed by atoms with Gasteiger partial charge in [0, 0.05) is 27.2 Å². The molecule has 6 nitrogen and oxygen atoms in total. The van der Waals surface area contributed by atoms with E-state index in [4.69, 9.17) is 23.2 Å². The molecule has 0 aliphatic rings. The van der Waals surface area contributed by atoms with Gasteiger partial charge in [0.2, 0.25) is 0 Å². The van der Waals surface area contributed by atoms with Gasteiger partial charge in [-0.05, 0) is 30.3 Å². The minimum Gasteiger partial charge on any atom is -0.266 e. The van der Waals surface area contributed by atoms with Gasteiger partial charge in [0.15, 0.2) is 0 Å². The lowest BCUT2D eigenvalue weighted by atomic mass is 10.2. The normalized spacial score (nSPS) is 10.3. The van der Waals surface area contributed by atoms with Crippen molar-refractivity contribution in [3.05, 3.63) is 69.4 Å². The largest absolute Gasteiger partial charge is 0.289 e. The Kier molecular flexibility index (Phi) is 5.28. The van der Waals surface area contributed by atoms with Crippen LogP contribution in [0.4, 0.5) is 0 Å². The SMILES string of the molecule is O=C(NNC(=O)c1csc(-c2cc(Cl)cc(Cl)c2)n1)c1ccccn1. The van der Waals surface area contributed by atoms with Crippen LogP contribution in [0.2, 0.25) is 10.0 Å². The van der Waals surface area contributed by atoms with E-state index >= 15 is 0 Å². The Hall–Kier alpha value is -2.48. The molecular weight excluding hydrogens is 383 g/mol. The fraction of sp³-hybridized carbons (Fsp3) is 0. The minimum atomic E-state index is -0.542. The van der Waals surface area contributed by atoms with Gasteiger partial charge in [0.05, 0.1) is 0 Å². The summed E-state index contributed by atoms with van der Waals surface area (Å²) in [6.45, 7) is 0. The second-order valence-corrected chi connectivity index (χ2v) is 6.55. The molecule has 126 valence electrons. The lowest BCUT2D eigenvalue weighted by Gasteiger charge is -2.05. The first-order chi connectivity index (χ1) is 12.0. The Morgan fingerprint density at radius 2 is 1.64 bits per heavy atom. The van der Waals surface area contributed by atoms with Gasteiger partial charge < -0.3 is 0 Å². The molecule has 0 radical (unpaired) electrons. The molecule has 0 fully saturated rings. The van der Waals surface area contributed by atoms with Crippen molar-refractivity contribution in [2.24, 2.45) is 0 Å². The van der Waals surface area contributed by atoms with Crippen molar-refractivity contribution in [3.63, 3.8) is 0 Å². The maximum atomic E-state index is 12.1. The quantitative estimate of drug-likeness (QED) is 0.667. The number of amides is 2. The van der Waals surface area contributed by atoms with Gasteiger partial charge in [0.25, 0.3) is 11.8 Å². The van der Waals surface area contributed by atoms with Crippen molar-refractivity contribution >= 4 is 46.4 Å². The highest BCUT2D eigenvalue weighted by Crippen LogP contribution is 2.29. The molecule has 2 aromatic heterocycles. The number of hydrazine groups is 1. The number of hydrogen-bond donors (Lipinski definition) is 2. The van der Waals surface area contributed by atoms with Gasteiger partial charge in [-0.3, -0.25) is 25.4 Å². The van der Waals surface area contributed by atoms with E-state index in [2.05, 4.69) is 20.8 Å². The molecule has 3 rings (SSSR count). The lowest BCUT2D eigenvalue weighted by molar-refractivity contribution is 0.0841. The van der Waals surface area contributed by atoms with Crippen molar-refractivity contribution < 1.29 is 9.59 Å². The van der Waals surface area contributed by atoms with Gasteiger partial charge in [-0.1, -0.05) is 29.3 Å². The standard InChI is InChI=1S/C16H10Cl2N4O2S/c17-10-5-9(6-11(18)7-10)16-20-13(8-25-16)15(24)22-21-14(23)12-3-1-2-4-19-12/h1-8H,(H,21,23)(H,22,24). The van der Waals surface area contributed by atoms with E-state index in [1.54, 1.807) is 35.7 Å². The summed E-state index contributed by atoms with van der Waals surface area (Å²) in [5, 5.41) is 3.12. The number of pyridine rings is 1. The number of aromatic nitrogens is 2. The van der Waals surface area contributed by atoms with Crippen LogP contribution in [0.15, 0.2) is 48.0 Å².